The third-order valence-electron chi connectivity index (χ3n) is 3.57. The van der Waals surface area contributed by atoms with Crippen LogP contribution in [0.2, 0.25) is 0 Å². The van der Waals surface area contributed by atoms with Gasteiger partial charge in [-0.3, -0.25) is 14.9 Å². The van der Waals surface area contributed by atoms with Gasteiger partial charge in [0.2, 0.25) is 5.91 Å². The van der Waals surface area contributed by atoms with Gasteiger partial charge in [0.25, 0.3) is 5.69 Å². The number of benzene rings is 2. The van der Waals surface area contributed by atoms with Crippen molar-refractivity contribution < 1.29 is 14.5 Å². The van der Waals surface area contributed by atoms with E-state index in [2.05, 4.69) is 10.5 Å². The number of thioether (sulfide) groups is 1. The summed E-state index contributed by atoms with van der Waals surface area (Å²) in [6.45, 7) is 2.03. The third kappa shape index (κ3) is 5.59. The molecule has 0 aliphatic carbocycles. The zero-order valence-corrected chi connectivity index (χ0v) is 15.3. The molecule has 2 aromatic carbocycles. The summed E-state index contributed by atoms with van der Waals surface area (Å²) in [4.78, 5) is 22.2. The first-order chi connectivity index (χ1) is 12.5. The second kappa shape index (κ2) is 9.57. The number of amides is 1. The Bertz CT molecular complexity index is 824. The van der Waals surface area contributed by atoms with Gasteiger partial charge in [-0.05, 0) is 24.1 Å². The number of nitrogens with one attached hydrogen (secondary N) is 1. The highest BCUT2D eigenvalue weighted by Gasteiger charge is 2.10. The monoisotopic (exact) mass is 373 g/mol. The van der Waals surface area contributed by atoms with Crippen LogP contribution in [-0.4, -0.2) is 29.9 Å². The van der Waals surface area contributed by atoms with Gasteiger partial charge in [-0.2, -0.15) is 5.10 Å². The average molecular weight is 373 g/mol. The van der Waals surface area contributed by atoms with E-state index in [1.165, 1.54) is 54.4 Å². The molecule has 0 saturated carbocycles. The van der Waals surface area contributed by atoms with E-state index in [0.717, 1.165) is 5.75 Å². The number of nitro benzene ring substituents is 1. The van der Waals surface area contributed by atoms with Gasteiger partial charge >= 0.3 is 0 Å². The summed E-state index contributed by atoms with van der Waals surface area (Å²) in [6, 6.07) is 12.2. The SMILES string of the molecule is COc1ccc([N+](=O)[O-])cc1/C=N/NC(=O)CSCc1ccccc1C. The number of aryl methyl sites for hydroxylation is 1. The smallest absolute Gasteiger partial charge is 0.270 e. The molecule has 0 fully saturated rings. The van der Waals surface area contributed by atoms with Crippen molar-refractivity contribution in [1.29, 1.82) is 0 Å². The number of hydrazone groups is 1. The fourth-order valence-electron chi connectivity index (χ4n) is 2.17. The molecule has 0 unspecified atom stereocenters. The van der Waals surface area contributed by atoms with Gasteiger partial charge in [-0.25, -0.2) is 5.43 Å². The Hall–Kier alpha value is -2.87. The van der Waals surface area contributed by atoms with E-state index >= 15 is 0 Å². The van der Waals surface area contributed by atoms with Crippen molar-refractivity contribution in [3.05, 3.63) is 69.3 Å². The van der Waals surface area contributed by atoms with E-state index in [0.29, 0.717) is 11.3 Å². The van der Waals surface area contributed by atoms with Crippen LogP contribution in [0.5, 0.6) is 5.75 Å². The molecule has 0 heterocycles. The maximum atomic E-state index is 11.9. The van der Waals surface area contributed by atoms with Crippen molar-refractivity contribution >= 4 is 29.6 Å². The van der Waals surface area contributed by atoms with E-state index in [-0.39, 0.29) is 17.3 Å². The number of hydrogen-bond donors (Lipinski definition) is 1. The lowest BCUT2D eigenvalue weighted by molar-refractivity contribution is -0.384. The highest BCUT2D eigenvalue weighted by atomic mass is 32.2. The molecule has 0 atom stereocenters. The molecule has 26 heavy (non-hydrogen) atoms. The Morgan fingerprint density at radius 3 is 2.81 bits per heavy atom. The van der Waals surface area contributed by atoms with E-state index in [1.807, 2.05) is 31.2 Å². The molecular formula is C18H19N3O4S. The predicted octanol–water partition coefficient (Wildman–Crippen LogP) is 3.30. The Kier molecular flexibility index (Phi) is 7.16. The number of nitrogens with zero attached hydrogens (tertiary/aromatic N) is 2. The lowest BCUT2D eigenvalue weighted by atomic mass is 10.1. The normalized spacial score (nSPS) is 10.7. The first-order valence-corrected chi connectivity index (χ1v) is 8.93. The average Bonchev–Trinajstić information content (AvgIpc) is 2.63. The van der Waals surface area contributed by atoms with Crippen LogP contribution in [0, 0.1) is 17.0 Å². The van der Waals surface area contributed by atoms with Gasteiger partial charge in [0, 0.05) is 23.4 Å². The van der Waals surface area contributed by atoms with Crippen LogP contribution in [0.1, 0.15) is 16.7 Å². The van der Waals surface area contributed by atoms with Crippen molar-refractivity contribution in [2.45, 2.75) is 12.7 Å². The first-order valence-electron chi connectivity index (χ1n) is 7.78. The summed E-state index contributed by atoms with van der Waals surface area (Å²) in [6.07, 6.45) is 1.33. The highest BCUT2D eigenvalue weighted by molar-refractivity contribution is 7.99. The molecule has 7 nitrogen and oxygen atoms in total. The fraction of sp³-hybridized carbons (Fsp3) is 0.222. The summed E-state index contributed by atoms with van der Waals surface area (Å²) in [5, 5.41) is 14.7. The lowest BCUT2D eigenvalue weighted by Crippen LogP contribution is -2.19. The number of ether oxygens (including phenoxy) is 1. The van der Waals surface area contributed by atoms with Crippen molar-refractivity contribution in [1.82, 2.24) is 5.43 Å². The van der Waals surface area contributed by atoms with Crippen molar-refractivity contribution in [3.63, 3.8) is 0 Å². The van der Waals surface area contributed by atoms with Gasteiger partial charge in [-0.1, -0.05) is 24.3 Å². The second-order valence-electron chi connectivity index (χ2n) is 5.40. The molecule has 0 aromatic heterocycles. The van der Waals surface area contributed by atoms with E-state index in [4.69, 9.17) is 4.74 Å². The van der Waals surface area contributed by atoms with Gasteiger partial charge in [-0.15, -0.1) is 11.8 Å². The van der Waals surface area contributed by atoms with Gasteiger partial charge < -0.3 is 4.74 Å². The van der Waals surface area contributed by atoms with Crippen molar-refractivity contribution in [2.24, 2.45) is 5.10 Å². The van der Waals surface area contributed by atoms with Crippen molar-refractivity contribution in [3.8, 4) is 5.75 Å². The van der Waals surface area contributed by atoms with E-state index < -0.39 is 4.92 Å². The first kappa shape index (κ1) is 19.5. The molecule has 8 heteroatoms. The number of carbonyl (C=O) groups is 1. The molecule has 2 rings (SSSR count). The van der Waals surface area contributed by atoms with Crippen LogP contribution in [0.25, 0.3) is 0 Å². The van der Waals surface area contributed by atoms with Crippen molar-refractivity contribution in [2.75, 3.05) is 12.9 Å². The Morgan fingerprint density at radius 1 is 1.35 bits per heavy atom. The maximum Gasteiger partial charge on any atom is 0.270 e. The minimum absolute atomic E-state index is 0.0765. The van der Waals surface area contributed by atoms with Crippen LogP contribution < -0.4 is 10.2 Å². The molecule has 1 amide bonds. The summed E-state index contributed by atoms with van der Waals surface area (Å²) >= 11 is 1.49. The zero-order chi connectivity index (χ0) is 18.9. The van der Waals surface area contributed by atoms with Crippen LogP contribution >= 0.6 is 11.8 Å². The molecule has 0 radical (unpaired) electrons. The molecule has 0 bridgehead atoms. The molecule has 2 aromatic rings. The fourth-order valence-corrected chi connectivity index (χ4v) is 3.06. The number of hydrogen-bond acceptors (Lipinski definition) is 6. The zero-order valence-electron chi connectivity index (χ0n) is 14.5. The quantitative estimate of drug-likeness (QED) is 0.435. The molecule has 0 saturated heterocycles. The topological polar surface area (TPSA) is 93.8 Å². The third-order valence-corrected chi connectivity index (χ3v) is 4.55. The van der Waals surface area contributed by atoms with Gasteiger partial charge in [0.1, 0.15) is 5.75 Å². The summed E-state index contributed by atoms with van der Waals surface area (Å²) < 4.78 is 5.13. The standard InChI is InChI=1S/C18H19N3O4S/c1-13-5-3-4-6-14(13)11-26-12-18(22)20-19-10-15-9-16(21(23)24)7-8-17(15)25-2/h3-10H,11-12H2,1-2H3,(H,20,22)/b19-10+. The molecular weight excluding hydrogens is 354 g/mol. The van der Waals surface area contributed by atoms with E-state index in [9.17, 15) is 14.9 Å². The molecule has 1 N–H and O–H groups in total. The largest absolute Gasteiger partial charge is 0.496 e. The summed E-state index contributed by atoms with van der Waals surface area (Å²) in [5.74, 6) is 1.19. The van der Waals surface area contributed by atoms with Gasteiger partial charge in [0.15, 0.2) is 0 Å². The number of non-ortho nitro benzene ring substituents is 1. The number of rotatable bonds is 8. The second-order valence-corrected chi connectivity index (χ2v) is 6.38. The number of nitro groups is 1. The molecule has 0 spiro atoms. The molecule has 0 aliphatic heterocycles. The summed E-state index contributed by atoms with van der Waals surface area (Å²) in [7, 11) is 1.46. The minimum Gasteiger partial charge on any atom is -0.496 e. The predicted molar refractivity (Wildman–Crippen MR) is 103 cm³/mol. The van der Waals surface area contributed by atoms with Crippen LogP contribution in [0.4, 0.5) is 5.69 Å². The van der Waals surface area contributed by atoms with E-state index in [1.54, 1.807) is 0 Å². The highest BCUT2D eigenvalue weighted by Crippen LogP contribution is 2.22. The molecule has 0 aliphatic rings. The minimum atomic E-state index is -0.502. The van der Waals surface area contributed by atoms with Crippen LogP contribution in [0.3, 0.4) is 0 Å². The number of methoxy groups -OCH3 is 1. The lowest BCUT2D eigenvalue weighted by Gasteiger charge is -2.05. The molecule has 136 valence electrons. The van der Waals surface area contributed by atoms with Crippen LogP contribution in [0.15, 0.2) is 47.6 Å². The number of carbonyl (C=O) groups excluding carboxylic acids is 1. The Labute approximate surface area is 155 Å². The summed E-state index contributed by atoms with van der Waals surface area (Å²) in [5.41, 5.74) is 5.13. The Morgan fingerprint density at radius 2 is 2.12 bits per heavy atom. The Balaban J connectivity index is 1.87. The van der Waals surface area contributed by atoms with Crippen LogP contribution in [-0.2, 0) is 10.5 Å². The van der Waals surface area contributed by atoms with Gasteiger partial charge in [0.05, 0.1) is 24.0 Å². The maximum absolute atomic E-state index is 11.9.